The van der Waals surface area contributed by atoms with E-state index < -0.39 is 0 Å². The Morgan fingerprint density at radius 2 is 2.09 bits per heavy atom. The van der Waals surface area contributed by atoms with Gasteiger partial charge in [-0.25, -0.2) is 4.98 Å². The second-order valence-electron chi connectivity index (χ2n) is 5.97. The van der Waals surface area contributed by atoms with Crippen LogP contribution in [0.25, 0.3) is 0 Å². The van der Waals surface area contributed by atoms with Gasteiger partial charge in [-0.3, -0.25) is 4.79 Å². The molecule has 1 amide bonds. The molecule has 1 aromatic heterocycles. The summed E-state index contributed by atoms with van der Waals surface area (Å²) >= 11 is 0. The highest BCUT2D eigenvalue weighted by Crippen LogP contribution is 2.23. The Bertz CT molecular complexity index is 662. The minimum absolute atomic E-state index is 0.232. The van der Waals surface area contributed by atoms with Gasteiger partial charge >= 0.3 is 0 Å². The third-order valence-corrected chi connectivity index (χ3v) is 4.49. The summed E-state index contributed by atoms with van der Waals surface area (Å²) in [5.41, 5.74) is 2.22. The van der Waals surface area contributed by atoms with E-state index >= 15 is 0 Å². The zero-order valence-electron chi connectivity index (χ0n) is 13.8. The fourth-order valence-corrected chi connectivity index (χ4v) is 3.02. The quantitative estimate of drug-likeness (QED) is 0.892. The Kier molecular flexibility index (Phi) is 4.76. The van der Waals surface area contributed by atoms with E-state index in [0.29, 0.717) is 6.42 Å². The van der Waals surface area contributed by atoms with E-state index in [1.54, 1.807) is 0 Å². The molecule has 0 spiro atoms. The fourth-order valence-electron chi connectivity index (χ4n) is 3.02. The van der Waals surface area contributed by atoms with Crippen LogP contribution in [0.2, 0.25) is 0 Å². The summed E-state index contributed by atoms with van der Waals surface area (Å²) in [6, 6.07) is 8.53. The van der Waals surface area contributed by atoms with Gasteiger partial charge in [0, 0.05) is 43.6 Å². The zero-order valence-corrected chi connectivity index (χ0v) is 13.8. The highest BCUT2D eigenvalue weighted by Gasteiger charge is 2.21. The van der Waals surface area contributed by atoms with Crippen LogP contribution < -0.4 is 10.2 Å². The summed E-state index contributed by atoms with van der Waals surface area (Å²) < 4.78 is 2.14. The monoisotopic (exact) mass is 312 g/mol. The Hall–Kier alpha value is -2.14. The van der Waals surface area contributed by atoms with Crippen molar-refractivity contribution in [1.82, 2.24) is 14.9 Å². The second kappa shape index (κ2) is 6.96. The minimum atomic E-state index is 0.232. The van der Waals surface area contributed by atoms with E-state index in [2.05, 4.69) is 40.8 Å². The number of nitrogens with zero attached hydrogens (tertiary/aromatic N) is 3. The van der Waals surface area contributed by atoms with Crippen molar-refractivity contribution in [1.29, 1.82) is 0 Å². The van der Waals surface area contributed by atoms with Crippen LogP contribution in [-0.2, 0) is 17.9 Å². The molecule has 23 heavy (non-hydrogen) atoms. The maximum Gasteiger partial charge on any atom is 0.227 e. The van der Waals surface area contributed by atoms with Crippen LogP contribution in [0.5, 0.6) is 0 Å². The van der Waals surface area contributed by atoms with Crippen LogP contribution in [0.1, 0.15) is 44.1 Å². The first kappa shape index (κ1) is 15.7. The number of rotatable bonds is 6. The third-order valence-electron chi connectivity index (χ3n) is 4.49. The lowest BCUT2D eigenvalue weighted by Gasteiger charge is -2.18. The molecule has 1 aliphatic rings. The van der Waals surface area contributed by atoms with Gasteiger partial charge in [0.2, 0.25) is 5.91 Å². The van der Waals surface area contributed by atoms with Crippen molar-refractivity contribution in [2.75, 3.05) is 11.4 Å². The van der Waals surface area contributed by atoms with Crippen LogP contribution in [0.3, 0.4) is 0 Å². The topological polar surface area (TPSA) is 50.2 Å². The van der Waals surface area contributed by atoms with Crippen LogP contribution in [0.15, 0.2) is 36.7 Å². The molecular weight excluding hydrogens is 288 g/mol. The van der Waals surface area contributed by atoms with Gasteiger partial charge in [0.15, 0.2) is 0 Å². The van der Waals surface area contributed by atoms with Crippen molar-refractivity contribution in [3.8, 4) is 0 Å². The minimum Gasteiger partial charge on any atom is -0.334 e. The molecule has 1 atom stereocenters. The molecule has 122 valence electrons. The van der Waals surface area contributed by atoms with Gasteiger partial charge in [0.1, 0.15) is 5.82 Å². The molecule has 0 aliphatic carbocycles. The summed E-state index contributed by atoms with van der Waals surface area (Å²) in [4.78, 5) is 18.1. The Labute approximate surface area is 137 Å². The van der Waals surface area contributed by atoms with Crippen molar-refractivity contribution in [3.05, 3.63) is 48.0 Å². The first-order valence-electron chi connectivity index (χ1n) is 8.32. The molecule has 1 saturated heterocycles. The molecule has 5 heteroatoms. The Balaban J connectivity index is 1.61. The van der Waals surface area contributed by atoms with Gasteiger partial charge in [-0.1, -0.05) is 12.1 Å². The highest BCUT2D eigenvalue weighted by atomic mass is 16.2. The summed E-state index contributed by atoms with van der Waals surface area (Å²) in [6.45, 7) is 6.78. The van der Waals surface area contributed by atoms with Crippen LogP contribution in [0, 0.1) is 0 Å². The summed E-state index contributed by atoms with van der Waals surface area (Å²) in [5.74, 6) is 1.29. The summed E-state index contributed by atoms with van der Waals surface area (Å²) in [5, 5.41) is 3.51. The molecule has 0 saturated carbocycles. The molecule has 5 nitrogen and oxygen atoms in total. The van der Waals surface area contributed by atoms with E-state index in [0.717, 1.165) is 37.6 Å². The predicted molar refractivity (Wildman–Crippen MR) is 91.2 cm³/mol. The molecule has 0 bridgehead atoms. The van der Waals surface area contributed by atoms with E-state index in [9.17, 15) is 4.79 Å². The van der Waals surface area contributed by atoms with Gasteiger partial charge in [-0.2, -0.15) is 0 Å². The molecule has 1 aliphatic heterocycles. The van der Waals surface area contributed by atoms with E-state index in [4.69, 9.17) is 0 Å². The van der Waals surface area contributed by atoms with Gasteiger partial charge < -0.3 is 14.8 Å². The molecule has 3 rings (SSSR count). The Morgan fingerprint density at radius 3 is 2.74 bits per heavy atom. The van der Waals surface area contributed by atoms with Gasteiger partial charge in [0.25, 0.3) is 0 Å². The van der Waals surface area contributed by atoms with Crippen molar-refractivity contribution < 1.29 is 4.79 Å². The molecular formula is C18H24N4O. The highest BCUT2D eigenvalue weighted by molar-refractivity contribution is 5.95. The lowest BCUT2D eigenvalue weighted by atomic mass is 10.1. The standard InChI is InChI=1S/C18H24N4O/c1-3-21-12-10-19-17(21)13-20-14(2)15-6-8-16(9-7-15)22-11-4-5-18(22)23/h6-10,12,14,20H,3-5,11,13H2,1-2H3. The molecule has 1 N–H and O–H groups in total. The predicted octanol–water partition coefficient (Wildman–Crippen LogP) is 2.88. The molecule has 2 aromatic rings. The maximum atomic E-state index is 11.8. The van der Waals surface area contributed by atoms with Crippen LogP contribution in [0.4, 0.5) is 5.69 Å². The molecule has 1 fully saturated rings. The number of aromatic nitrogens is 2. The number of aryl methyl sites for hydroxylation is 1. The third kappa shape index (κ3) is 3.45. The SMILES string of the molecule is CCn1ccnc1CNC(C)c1ccc(N2CCCC2=O)cc1. The van der Waals surface area contributed by atoms with Crippen molar-refractivity contribution in [3.63, 3.8) is 0 Å². The number of amides is 1. The number of imidazole rings is 1. The Morgan fingerprint density at radius 1 is 1.30 bits per heavy atom. The molecule has 2 heterocycles. The van der Waals surface area contributed by atoms with Crippen molar-refractivity contribution >= 4 is 11.6 Å². The largest absolute Gasteiger partial charge is 0.334 e. The van der Waals surface area contributed by atoms with Crippen LogP contribution in [-0.4, -0.2) is 22.0 Å². The summed E-state index contributed by atoms with van der Waals surface area (Å²) in [6.07, 6.45) is 5.48. The zero-order chi connectivity index (χ0) is 16.2. The first-order chi connectivity index (χ1) is 11.2. The lowest BCUT2D eigenvalue weighted by molar-refractivity contribution is -0.117. The molecule has 0 radical (unpaired) electrons. The van der Waals surface area contributed by atoms with E-state index in [-0.39, 0.29) is 11.9 Å². The number of benzene rings is 1. The van der Waals surface area contributed by atoms with E-state index in [1.165, 1.54) is 5.56 Å². The van der Waals surface area contributed by atoms with Crippen molar-refractivity contribution in [2.24, 2.45) is 0 Å². The number of carbonyl (C=O) groups excluding carboxylic acids is 1. The lowest BCUT2D eigenvalue weighted by Crippen LogP contribution is -2.24. The number of nitrogens with one attached hydrogen (secondary N) is 1. The number of hydrogen-bond acceptors (Lipinski definition) is 3. The second-order valence-corrected chi connectivity index (χ2v) is 5.97. The fraction of sp³-hybridized carbons (Fsp3) is 0.444. The first-order valence-corrected chi connectivity index (χ1v) is 8.32. The average molecular weight is 312 g/mol. The maximum absolute atomic E-state index is 11.8. The number of hydrogen-bond donors (Lipinski definition) is 1. The normalized spacial score (nSPS) is 16.1. The van der Waals surface area contributed by atoms with Crippen LogP contribution >= 0.6 is 0 Å². The van der Waals surface area contributed by atoms with Crippen molar-refractivity contribution in [2.45, 2.75) is 45.8 Å². The molecule has 1 aromatic carbocycles. The van der Waals surface area contributed by atoms with Gasteiger partial charge in [-0.05, 0) is 38.0 Å². The van der Waals surface area contributed by atoms with Gasteiger partial charge in [-0.15, -0.1) is 0 Å². The molecule has 1 unspecified atom stereocenters. The van der Waals surface area contributed by atoms with E-state index in [1.807, 2.05) is 29.4 Å². The van der Waals surface area contributed by atoms with Gasteiger partial charge in [0.05, 0.1) is 6.54 Å². The summed E-state index contributed by atoms with van der Waals surface area (Å²) in [7, 11) is 0. The average Bonchev–Trinajstić information content (AvgIpc) is 3.21. The number of anilines is 1. The smallest absolute Gasteiger partial charge is 0.227 e. The number of carbonyl (C=O) groups is 1.